The van der Waals surface area contributed by atoms with Crippen LogP contribution in [0.2, 0.25) is 0 Å². The molecule has 0 amide bonds. The molecule has 4 aromatic rings. The molecule has 3 aliphatic rings. The summed E-state index contributed by atoms with van der Waals surface area (Å²) in [4.78, 5) is 9.04. The van der Waals surface area contributed by atoms with Crippen molar-refractivity contribution < 1.29 is 17.9 Å². The molecule has 3 saturated carbocycles. The zero-order valence-corrected chi connectivity index (χ0v) is 20.3. The number of rotatable bonds is 6. The van der Waals surface area contributed by atoms with Gasteiger partial charge in [-0.1, -0.05) is 18.6 Å². The average Bonchev–Trinajstić information content (AvgIpc) is 3.30. The Balaban J connectivity index is 1.32. The van der Waals surface area contributed by atoms with E-state index in [1.165, 1.54) is 38.7 Å². The van der Waals surface area contributed by atoms with Gasteiger partial charge in [0.15, 0.2) is 0 Å². The number of imidazole rings is 1. The summed E-state index contributed by atoms with van der Waals surface area (Å²) in [5.74, 6) is 4.21. The molecule has 36 heavy (non-hydrogen) atoms. The van der Waals surface area contributed by atoms with Crippen LogP contribution in [-0.4, -0.2) is 21.0 Å². The van der Waals surface area contributed by atoms with Gasteiger partial charge in [0.25, 0.3) is 0 Å². The van der Waals surface area contributed by atoms with Crippen LogP contribution in [0.15, 0.2) is 48.8 Å². The fourth-order valence-corrected chi connectivity index (χ4v) is 6.07. The van der Waals surface area contributed by atoms with E-state index in [1.54, 1.807) is 12.3 Å². The molecule has 3 aliphatic carbocycles. The average molecular weight is 495 g/mol. The minimum atomic E-state index is -4.40. The minimum Gasteiger partial charge on any atom is -0.493 e. The molecule has 2 aromatic carbocycles. The van der Waals surface area contributed by atoms with Crippen LogP contribution >= 0.6 is 0 Å². The van der Waals surface area contributed by atoms with E-state index >= 15 is 0 Å². The van der Waals surface area contributed by atoms with Gasteiger partial charge in [-0.15, -0.1) is 0 Å². The first-order chi connectivity index (χ1) is 17.3. The molecule has 0 aliphatic heterocycles. The maximum absolute atomic E-state index is 13.5. The largest absolute Gasteiger partial charge is 0.493 e. The van der Waals surface area contributed by atoms with Gasteiger partial charge in [-0.3, -0.25) is 4.40 Å². The molecule has 0 spiro atoms. The van der Waals surface area contributed by atoms with Crippen molar-refractivity contribution in [2.24, 2.45) is 17.8 Å². The normalized spacial score (nSPS) is 22.4. The molecule has 1 N–H and O–H groups in total. The molecule has 188 valence electrons. The summed E-state index contributed by atoms with van der Waals surface area (Å²) in [5, 5.41) is 4.20. The first kappa shape index (κ1) is 23.1. The summed E-state index contributed by atoms with van der Waals surface area (Å²) in [7, 11) is 0. The van der Waals surface area contributed by atoms with E-state index in [-0.39, 0.29) is 5.56 Å². The zero-order valence-electron chi connectivity index (χ0n) is 20.3. The van der Waals surface area contributed by atoms with Crippen LogP contribution in [0, 0.1) is 24.7 Å². The van der Waals surface area contributed by atoms with Crippen molar-refractivity contribution in [1.82, 2.24) is 14.4 Å². The van der Waals surface area contributed by atoms with Gasteiger partial charge in [-0.05, 0) is 86.3 Å². The van der Waals surface area contributed by atoms with Gasteiger partial charge >= 0.3 is 6.18 Å². The van der Waals surface area contributed by atoms with E-state index in [0.717, 1.165) is 34.6 Å². The Morgan fingerprint density at radius 1 is 1.17 bits per heavy atom. The van der Waals surface area contributed by atoms with Crippen molar-refractivity contribution in [3.63, 3.8) is 0 Å². The lowest BCUT2D eigenvalue weighted by Crippen LogP contribution is -2.38. The predicted octanol–water partition coefficient (Wildman–Crippen LogP) is 7.20. The van der Waals surface area contributed by atoms with Gasteiger partial charge in [-0.2, -0.15) is 18.2 Å². The summed E-state index contributed by atoms with van der Waals surface area (Å²) in [6, 6.07) is 9.83. The van der Waals surface area contributed by atoms with E-state index in [4.69, 9.17) is 9.72 Å². The number of nitrogens with zero attached hydrogens (tertiary/aromatic N) is 3. The SMILES string of the molecule is Cc1c([C@@H](C)Nc2nc3nccn3c3ccc(OCC4CCC5CC4C5)cc23)cccc1C(F)(F)F. The molecule has 2 aromatic heterocycles. The number of hydrogen-bond donors (Lipinski definition) is 1. The second kappa shape index (κ2) is 8.68. The lowest BCUT2D eigenvalue weighted by molar-refractivity contribution is -0.138. The molecule has 2 atom stereocenters. The third-order valence-electron chi connectivity index (χ3n) is 8.17. The lowest BCUT2D eigenvalue weighted by Gasteiger charge is -2.46. The van der Waals surface area contributed by atoms with Crippen molar-refractivity contribution >= 4 is 22.5 Å². The Labute approximate surface area is 207 Å². The van der Waals surface area contributed by atoms with Crippen LogP contribution in [0.25, 0.3) is 16.7 Å². The van der Waals surface area contributed by atoms with Crippen LogP contribution in [0.1, 0.15) is 55.3 Å². The van der Waals surface area contributed by atoms with E-state index < -0.39 is 17.8 Å². The van der Waals surface area contributed by atoms with E-state index in [1.807, 2.05) is 35.7 Å². The van der Waals surface area contributed by atoms with Gasteiger partial charge in [0.2, 0.25) is 5.78 Å². The van der Waals surface area contributed by atoms with Crippen LogP contribution in [0.5, 0.6) is 5.75 Å². The summed E-state index contributed by atoms with van der Waals surface area (Å²) in [6.07, 6.45) is 4.37. The molecule has 2 heterocycles. The van der Waals surface area contributed by atoms with Crippen molar-refractivity contribution in [1.29, 1.82) is 0 Å². The van der Waals surface area contributed by atoms with E-state index in [9.17, 15) is 13.2 Å². The number of halogens is 3. The first-order valence-electron chi connectivity index (χ1n) is 12.6. The highest BCUT2D eigenvalue weighted by molar-refractivity contribution is 5.92. The lowest BCUT2D eigenvalue weighted by atomic mass is 9.60. The highest BCUT2D eigenvalue weighted by Gasteiger charge is 2.40. The van der Waals surface area contributed by atoms with Crippen molar-refractivity contribution in [2.75, 3.05) is 11.9 Å². The maximum atomic E-state index is 13.5. The van der Waals surface area contributed by atoms with Crippen LogP contribution in [-0.2, 0) is 6.18 Å². The summed E-state index contributed by atoms with van der Waals surface area (Å²) < 4.78 is 48.6. The number of aromatic nitrogens is 3. The molecular weight excluding hydrogens is 465 g/mol. The van der Waals surface area contributed by atoms with Gasteiger partial charge in [0, 0.05) is 17.8 Å². The molecule has 3 fully saturated rings. The van der Waals surface area contributed by atoms with Crippen molar-refractivity contribution in [3.05, 3.63) is 65.5 Å². The third-order valence-corrected chi connectivity index (χ3v) is 8.17. The number of anilines is 1. The standard InChI is InChI=1S/C28H29F3N4O/c1-16-22(4-3-5-24(16)28(29,30)31)17(2)33-26-23-14-21(36-15-19-7-6-18-12-20(19)13-18)8-9-25(23)35-11-10-32-27(35)34-26/h3-5,8-11,14,17-20H,6-7,12-13,15H2,1-2H3,(H,32,33,34)/t17-,18?,19?,20?/m1/s1. The second-order valence-electron chi connectivity index (χ2n) is 10.4. The highest BCUT2D eigenvalue weighted by Crippen LogP contribution is 2.49. The Morgan fingerprint density at radius 3 is 2.75 bits per heavy atom. The van der Waals surface area contributed by atoms with E-state index in [0.29, 0.717) is 29.7 Å². The van der Waals surface area contributed by atoms with Crippen molar-refractivity contribution in [2.45, 2.75) is 51.7 Å². The van der Waals surface area contributed by atoms with Crippen LogP contribution < -0.4 is 10.1 Å². The first-order valence-corrected chi connectivity index (χ1v) is 12.6. The molecule has 7 rings (SSSR count). The topological polar surface area (TPSA) is 51.5 Å². The number of nitrogens with one attached hydrogen (secondary N) is 1. The molecule has 8 heteroatoms. The van der Waals surface area contributed by atoms with Gasteiger partial charge in [0.1, 0.15) is 11.6 Å². The number of hydrogen-bond acceptors (Lipinski definition) is 4. The fraction of sp³-hybridized carbons (Fsp3) is 0.429. The summed E-state index contributed by atoms with van der Waals surface area (Å²) in [5.41, 5.74) is 1.07. The zero-order chi connectivity index (χ0) is 25.0. The number of fused-ring (bicyclic) bond motifs is 5. The Kier molecular flexibility index (Phi) is 5.57. The number of ether oxygens (including phenoxy) is 1. The maximum Gasteiger partial charge on any atom is 0.416 e. The molecule has 0 saturated heterocycles. The van der Waals surface area contributed by atoms with Gasteiger partial charge in [-0.25, -0.2) is 4.98 Å². The predicted molar refractivity (Wildman–Crippen MR) is 133 cm³/mol. The third kappa shape index (κ3) is 4.06. The molecule has 1 unspecified atom stereocenters. The van der Waals surface area contributed by atoms with Crippen LogP contribution in [0.3, 0.4) is 0 Å². The molecule has 2 bridgehead atoms. The Morgan fingerprint density at radius 2 is 2.00 bits per heavy atom. The minimum absolute atomic E-state index is 0.214. The Bertz CT molecular complexity index is 1420. The fourth-order valence-electron chi connectivity index (χ4n) is 6.07. The van der Waals surface area contributed by atoms with Gasteiger partial charge in [0.05, 0.1) is 23.7 Å². The smallest absolute Gasteiger partial charge is 0.416 e. The summed E-state index contributed by atoms with van der Waals surface area (Å²) in [6.45, 7) is 4.08. The highest BCUT2D eigenvalue weighted by atomic mass is 19.4. The van der Waals surface area contributed by atoms with Crippen LogP contribution in [0.4, 0.5) is 19.0 Å². The summed E-state index contributed by atoms with van der Waals surface area (Å²) >= 11 is 0. The van der Waals surface area contributed by atoms with Gasteiger partial charge < -0.3 is 10.1 Å². The second-order valence-corrected chi connectivity index (χ2v) is 10.4. The molecular formula is C28H29F3N4O. The van der Waals surface area contributed by atoms with Crippen molar-refractivity contribution in [3.8, 4) is 5.75 Å². The Hall–Kier alpha value is -3.29. The van der Waals surface area contributed by atoms with E-state index in [2.05, 4.69) is 10.3 Å². The number of benzene rings is 2. The monoisotopic (exact) mass is 494 g/mol. The molecule has 5 nitrogen and oxygen atoms in total. The molecule has 0 radical (unpaired) electrons. The number of alkyl halides is 3. The quantitative estimate of drug-likeness (QED) is 0.308.